The van der Waals surface area contributed by atoms with Gasteiger partial charge in [0.1, 0.15) is 11.8 Å². The van der Waals surface area contributed by atoms with Crippen molar-refractivity contribution in [1.29, 1.82) is 0 Å². The van der Waals surface area contributed by atoms with E-state index in [1.54, 1.807) is 12.1 Å². The molecule has 1 N–H and O–H groups in total. The minimum absolute atomic E-state index is 0.128. The number of nitrogens with zero attached hydrogens (tertiary/aromatic N) is 1. The molecule has 3 aromatic carbocycles. The van der Waals surface area contributed by atoms with Gasteiger partial charge in [-0.15, -0.1) is 0 Å². The van der Waals surface area contributed by atoms with Crippen LogP contribution in [-0.2, 0) is 34.3 Å². The molecule has 0 bridgehead atoms. The molecule has 1 aliphatic heterocycles. The zero-order valence-electron chi connectivity index (χ0n) is 17.5. The lowest BCUT2D eigenvalue weighted by Gasteiger charge is -2.35. The van der Waals surface area contributed by atoms with Gasteiger partial charge in [0, 0.05) is 17.6 Å². The number of ether oxygens (including phenoxy) is 1. The third-order valence-corrected chi connectivity index (χ3v) is 7.95. The van der Waals surface area contributed by atoms with Gasteiger partial charge in [-0.05, 0) is 59.5 Å². The van der Waals surface area contributed by atoms with Crippen LogP contribution < -0.4 is 10.1 Å². The summed E-state index contributed by atoms with van der Waals surface area (Å²) in [4.78, 5) is 13.3. The first-order chi connectivity index (χ1) is 15.4. The maximum Gasteiger partial charge on any atom is 0.244 e. The number of halogens is 1. The highest BCUT2D eigenvalue weighted by Gasteiger charge is 2.39. The van der Waals surface area contributed by atoms with Crippen LogP contribution in [0.2, 0.25) is 0 Å². The minimum Gasteiger partial charge on any atom is -0.497 e. The Morgan fingerprint density at radius 3 is 2.34 bits per heavy atom. The molecule has 166 valence electrons. The quantitative estimate of drug-likeness (QED) is 0.541. The molecule has 0 aliphatic carbocycles. The number of rotatable bonds is 6. The molecule has 32 heavy (non-hydrogen) atoms. The molecule has 6 nitrogen and oxygen atoms in total. The van der Waals surface area contributed by atoms with Crippen molar-refractivity contribution in [2.24, 2.45) is 0 Å². The number of nitrogens with one attached hydrogen (secondary N) is 1. The Morgan fingerprint density at radius 2 is 1.69 bits per heavy atom. The van der Waals surface area contributed by atoms with Crippen LogP contribution in [0, 0.1) is 0 Å². The van der Waals surface area contributed by atoms with Gasteiger partial charge in [-0.2, -0.15) is 4.31 Å². The van der Waals surface area contributed by atoms with Gasteiger partial charge in [-0.25, -0.2) is 8.42 Å². The van der Waals surface area contributed by atoms with Crippen molar-refractivity contribution < 1.29 is 17.9 Å². The summed E-state index contributed by atoms with van der Waals surface area (Å²) < 4.78 is 34.4. The Bertz CT molecular complexity index is 1210. The number of amides is 1. The van der Waals surface area contributed by atoms with Crippen LogP contribution in [0.1, 0.15) is 16.7 Å². The van der Waals surface area contributed by atoms with Crippen LogP contribution >= 0.6 is 15.9 Å². The monoisotopic (exact) mass is 514 g/mol. The fourth-order valence-electron chi connectivity index (χ4n) is 3.77. The summed E-state index contributed by atoms with van der Waals surface area (Å²) in [6, 6.07) is 20.6. The number of hydrogen-bond donors (Lipinski definition) is 1. The van der Waals surface area contributed by atoms with Crippen LogP contribution in [0.3, 0.4) is 0 Å². The summed E-state index contributed by atoms with van der Waals surface area (Å²) >= 11 is 3.40. The van der Waals surface area contributed by atoms with Gasteiger partial charge >= 0.3 is 0 Å². The number of sulfonamides is 1. The number of benzene rings is 3. The molecule has 1 unspecified atom stereocenters. The number of fused-ring (bicyclic) bond motifs is 1. The third kappa shape index (κ3) is 4.72. The predicted octanol–water partition coefficient (Wildman–Crippen LogP) is 3.89. The molecule has 0 fully saturated rings. The molecule has 0 saturated heterocycles. The van der Waals surface area contributed by atoms with E-state index in [0.29, 0.717) is 18.7 Å². The lowest BCUT2D eigenvalue weighted by Crippen LogP contribution is -2.52. The van der Waals surface area contributed by atoms with Gasteiger partial charge in [0.15, 0.2) is 0 Å². The Hall–Kier alpha value is -2.68. The van der Waals surface area contributed by atoms with Crippen LogP contribution in [0.15, 0.2) is 82.2 Å². The molecule has 1 aliphatic rings. The van der Waals surface area contributed by atoms with Gasteiger partial charge in [0.25, 0.3) is 0 Å². The highest BCUT2D eigenvalue weighted by atomic mass is 79.9. The van der Waals surface area contributed by atoms with Crippen molar-refractivity contribution in [2.75, 3.05) is 7.11 Å². The van der Waals surface area contributed by atoms with Crippen molar-refractivity contribution in [3.8, 4) is 5.75 Å². The first kappa shape index (κ1) is 22.5. The molecule has 0 saturated carbocycles. The van der Waals surface area contributed by atoms with Gasteiger partial charge in [0.05, 0.1) is 12.0 Å². The van der Waals surface area contributed by atoms with Crippen molar-refractivity contribution >= 4 is 31.9 Å². The van der Waals surface area contributed by atoms with Crippen molar-refractivity contribution in [1.82, 2.24) is 9.62 Å². The van der Waals surface area contributed by atoms with Crippen molar-refractivity contribution in [3.05, 3.63) is 94.0 Å². The highest BCUT2D eigenvalue weighted by Crippen LogP contribution is 2.30. The first-order valence-corrected chi connectivity index (χ1v) is 12.4. The van der Waals surface area contributed by atoms with Crippen LogP contribution in [-0.4, -0.2) is 31.8 Å². The summed E-state index contributed by atoms with van der Waals surface area (Å²) in [6.45, 7) is 0.460. The van der Waals surface area contributed by atoms with Crippen molar-refractivity contribution in [2.45, 2.75) is 30.4 Å². The Morgan fingerprint density at radius 1 is 1.03 bits per heavy atom. The number of hydrogen-bond acceptors (Lipinski definition) is 4. The molecule has 8 heteroatoms. The molecule has 1 atom stereocenters. The van der Waals surface area contributed by atoms with Gasteiger partial charge < -0.3 is 10.1 Å². The lowest BCUT2D eigenvalue weighted by atomic mass is 9.95. The summed E-state index contributed by atoms with van der Waals surface area (Å²) in [6.07, 6.45) is 0.317. The largest absolute Gasteiger partial charge is 0.497 e. The van der Waals surface area contributed by atoms with Gasteiger partial charge in [0.2, 0.25) is 15.9 Å². The first-order valence-electron chi connectivity index (χ1n) is 10.1. The van der Waals surface area contributed by atoms with E-state index in [0.717, 1.165) is 21.2 Å². The van der Waals surface area contributed by atoms with E-state index in [9.17, 15) is 13.2 Å². The van der Waals surface area contributed by atoms with E-state index in [1.165, 1.54) is 23.5 Å². The molecular formula is C24H23BrN2O4S. The van der Waals surface area contributed by atoms with E-state index < -0.39 is 16.1 Å². The van der Waals surface area contributed by atoms with Crippen LogP contribution in [0.4, 0.5) is 0 Å². The normalized spacial score (nSPS) is 16.2. The topological polar surface area (TPSA) is 75.7 Å². The molecule has 0 aromatic heterocycles. The molecule has 1 heterocycles. The average molecular weight is 515 g/mol. The second kappa shape index (κ2) is 9.44. The standard InChI is InChI=1S/C24H23BrN2O4S/c1-31-21-10-12-22(13-11-21)32(29,30)27-16-19-5-3-2-4-18(19)14-23(27)24(28)26-15-17-6-8-20(25)9-7-17/h2-13,23H,14-16H2,1H3,(H,26,28). The lowest BCUT2D eigenvalue weighted by molar-refractivity contribution is -0.125. The Balaban J connectivity index is 1.62. The highest BCUT2D eigenvalue weighted by molar-refractivity contribution is 9.10. The summed E-state index contributed by atoms with van der Waals surface area (Å²) in [7, 11) is -2.38. The SMILES string of the molecule is COc1ccc(S(=O)(=O)N2Cc3ccccc3CC2C(=O)NCc2ccc(Br)cc2)cc1. The average Bonchev–Trinajstić information content (AvgIpc) is 2.82. The van der Waals surface area contributed by atoms with E-state index in [4.69, 9.17) is 4.74 Å². The molecule has 0 radical (unpaired) electrons. The Labute approximate surface area is 196 Å². The number of carbonyl (C=O) groups excluding carboxylic acids is 1. The summed E-state index contributed by atoms with van der Waals surface area (Å²) in [5.74, 6) is 0.247. The minimum atomic E-state index is -3.90. The summed E-state index contributed by atoms with van der Waals surface area (Å²) in [5.41, 5.74) is 2.82. The maximum atomic E-state index is 13.5. The number of carbonyl (C=O) groups is 1. The van der Waals surface area contributed by atoms with E-state index in [1.807, 2.05) is 48.5 Å². The smallest absolute Gasteiger partial charge is 0.244 e. The second-order valence-corrected chi connectivity index (χ2v) is 10.4. The summed E-state index contributed by atoms with van der Waals surface area (Å²) in [5, 5.41) is 2.91. The second-order valence-electron chi connectivity index (χ2n) is 7.56. The van der Waals surface area contributed by atoms with E-state index >= 15 is 0 Å². The molecule has 3 aromatic rings. The van der Waals surface area contributed by atoms with Crippen molar-refractivity contribution in [3.63, 3.8) is 0 Å². The fourth-order valence-corrected chi connectivity index (χ4v) is 5.60. The molecule has 1 amide bonds. The fraction of sp³-hybridized carbons (Fsp3) is 0.208. The number of methoxy groups -OCH3 is 1. The van der Waals surface area contributed by atoms with Gasteiger partial charge in [-0.1, -0.05) is 52.3 Å². The van der Waals surface area contributed by atoms with Crippen LogP contribution in [0.5, 0.6) is 5.75 Å². The zero-order chi connectivity index (χ0) is 22.7. The Kier molecular flexibility index (Phi) is 6.64. The van der Waals surface area contributed by atoms with E-state index in [2.05, 4.69) is 21.2 Å². The van der Waals surface area contributed by atoms with Crippen LogP contribution in [0.25, 0.3) is 0 Å². The predicted molar refractivity (Wildman–Crippen MR) is 126 cm³/mol. The molecular weight excluding hydrogens is 492 g/mol. The third-order valence-electron chi connectivity index (χ3n) is 5.55. The van der Waals surface area contributed by atoms with Gasteiger partial charge in [-0.3, -0.25) is 4.79 Å². The molecule has 0 spiro atoms. The van der Waals surface area contributed by atoms with E-state index in [-0.39, 0.29) is 17.3 Å². The zero-order valence-corrected chi connectivity index (χ0v) is 19.9. The maximum absolute atomic E-state index is 13.5. The molecule has 4 rings (SSSR count).